The minimum atomic E-state index is -0.218. The maximum atomic E-state index is 12.8. The smallest absolute Gasteiger partial charge is 0.233 e. The molecule has 0 spiro atoms. The molecule has 0 bridgehead atoms. The van der Waals surface area contributed by atoms with Crippen molar-refractivity contribution in [1.82, 2.24) is 5.32 Å². The fourth-order valence-corrected chi connectivity index (χ4v) is 2.22. The molecule has 1 amide bonds. The van der Waals surface area contributed by atoms with Crippen LogP contribution in [0.4, 0.5) is 10.1 Å². The average molecular weight is 324 g/mol. The number of halogens is 3. The van der Waals surface area contributed by atoms with Gasteiger partial charge in [0, 0.05) is 25.3 Å². The number of nitrogens with two attached hydrogens (primary N) is 1. The molecule has 1 fully saturated rings. The van der Waals surface area contributed by atoms with E-state index in [0.29, 0.717) is 12.5 Å². The Bertz CT molecular complexity index is 417. The molecular weight excluding hydrogens is 304 g/mol. The zero-order valence-electron chi connectivity index (χ0n) is 11.0. The van der Waals surface area contributed by atoms with E-state index in [1.54, 1.807) is 12.1 Å². The Labute approximate surface area is 130 Å². The maximum absolute atomic E-state index is 12.8. The number of amides is 1. The second-order valence-corrected chi connectivity index (χ2v) is 4.59. The second-order valence-electron chi connectivity index (χ2n) is 4.59. The van der Waals surface area contributed by atoms with Crippen molar-refractivity contribution in [3.63, 3.8) is 0 Å². The van der Waals surface area contributed by atoms with Gasteiger partial charge in [0.1, 0.15) is 5.82 Å². The molecule has 1 saturated heterocycles. The van der Waals surface area contributed by atoms with E-state index < -0.39 is 0 Å². The average Bonchev–Trinajstić information content (AvgIpc) is 2.85. The van der Waals surface area contributed by atoms with Crippen LogP contribution in [0.15, 0.2) is 24.3 Å². The first-order valence-electron chi connectivity index (χ1n) is 6.16. The van der Waals surface area contributed by atoms with Gasteiger partial charge in [-0.1, -0.05) is 0 Å². The van der Waals surface area contributed by atoms with Crippen LogP contribution in [0.3, 0.4) is 0 Å². The number of hydrogen-bond acceptors (Lipinski definition) is 3. The lowest BCUT2D eigenvalue weighted by Crippen LogP contribution is -2.35. The van der Waals surface area contributed by atoms with E-state index in [4.69, 9.17) is 5.73 Å². The van der Waals surface area contributed by atoms with Crippen LogP contribution in [0.25, 0.3) is 0 Å². The molecule has 1 aromatic rings. The van der Waals surface area contributed by atoms with Crippen LogP contribution in [0.2, 0.25) is 0 Å². The predicted molar refractivity (Wildman–Crippen MR) is 83.3 cm³/mol. The Kier molecular flexibility index (Phi) is 8.53. The van der Waals surface area contributed by atoms with Gasteiger partial charge in [-0.15, -0.1) is 24.8 Å². The summed E-state index contributed by atoms with van der Waals surface area (Å²) in [5, 5.41) is 2.80. The third-order valence-corrected chi connectivity index (χ3v) is 3.25. The third-order valence-electron chi connectivity index (χ3n) is 3.25. The zero-order valence-corrected chi connectivity index (χ0v) is 12.7. The van der Waals surface area contributed by atoms with Gasteiger partial charge in [-0.3, -0.25) is 4.79 Å². The lowest BCUT2D eigenvalue weighted by molar-refractivity contribution is -0.119. The minimum Gasteiger partial charge on any atom is -0.371 e. The van der Waals surface area contributed by atoms with Crippen molar-refractivity contribution < 1.29 is 9.18 Å². The molecule has 20 heavy (non-hydrogen) atoms. The van der Waals surface area contributed by atoms with E-state index >= 15 is 0 Å². The highest BCUT2D eigenvalue weighted by atomic mass is 35.5. The summed E-state index contributed by atoms with van der Waals surface area (Å²) in [6.07, 6.45) is 1.03. The molecule has 1 aromatic carbocycles. The monoisotopic (exact) mass is 323 g/mol. The minimum absolute atomic E-state index is 0. The number of rotatable bonds is 4. The molecule has 3 N–H and O–H groups in total. The Morgan fingerprint density at radius 2 is 2.00 bits per heavy atom. The SMILES string of the molecule is Cl.Cl.NCC(=O)NCC1CCN(c2ccc(F)cc2)C1. The van der Waals surface area contributed by atoms with Crippen LogP contribution < -0.4 is 16.0 Å². The van der Waals surface area contributed by atoms with Crippen molar-refractivity contribution in [3.05, 3.63) is 30.1 Å². The number of benzene rings is 1. The molecule has 1 aliphatic rings. The number of carbonyl (C=O) groups is 1. The van der Waals surface area contributed by atoms with Gasteiger partial charge in [0.15, 0.2) is 0 Å². The van der Waals surface area contributed by atoms with Crippen molar-refractivity contribution in [3.8, 4) is 0 Å². The number of nitrogens with one attached hydrogen (secondary N) is 1. The van der Waals surface area contributed by atoms with Crippen LogP contribution in [0.5, 0.6) is 0 Å². The van der Waals surface area contributed by atoms with Crippen molar-refractivity contribution in [2.24, 2.45) is 11.7 Å². The molecule has 1 unspecified atom stereocenters. The summed E-state index contributed by atoms with van der Waals surface area (Å²) >= 11 is 0. The molecule has 0 aliphatic carbocycles. The van der Waals surface area contributed by atoms with E-state index in [-0.39, 0.29) is 43.1 Å². The Morgan fingerprint density at radius 1 is 1.35 bits per heavy atom. The summed E-state index contributed by atoms with van der Waals surface area (Å²) in [6, 6.07) is 6.52. The highest BCUT2D eigenvalue weighted by Gasteiger charge is 2.22. The summed E-state index contributed by atoms with van der Waals surface area (Å²) < 4.78 is 12.8. The van der Waals surface area contributed by atoms with Gasteiger partial charge >= 0.3 is 0 Å². The molecule has 1 aliphatic heterocycles. The van der Waals surface area contributed by atoms with Gasteiger partial charge in [0.25, 0.3) is 0 Å². The summed E-state index contributed by atoms with van der Waals surface area (Å²) in [4.78, 5) is 13.3. The fourth-order valence-electron chi connectivity index (χ4n) is 2.22. The molecule has 4 nitrogen and oxygen atoms in total. The second kappa shape index (κ2) is 9.00. The Hall–Kier alpha value is -1.04. The molecule has 2 rings (SSSR count). The summed E-state index contributed by atoms with van der Waals surface area (Å²) in [6.45, 7) is 2.52. The van der Waals surface area contributed by atoms with Gasteiger partial charge < -0.3 is 16.0 Å². The summed E-state index contributed by atoms with van der Waals surface area (Å²) in [5.41, 5.74) is 6.26. The first kappa shape index (κ1) is 19.0. The molecule has 0 radical (unpaired) electrons. The number of anilines is 1. The van der Waals surface area contributed by atoms with E-state index in [2.05, 4.69) is 10.2 Å². The van der Waals surface area contributed by atoms with Crippen LogP contribution in [0.1, 0.15) is 6.42 Å². The number of carbonyl (C=O) groups excluding carboxylic acids is 1. The predicted octanol–water partition coefficient (Wildman–Crippen LogP) is 1.57. The van der Waals surface area contributed by atoms with E-state index in [9.17, 15) is 9.18 Å². The van der Waals surface area contributed by atoms with E-state index in [1.165, 1.54) is 12.1 Å². The highest BCUT2D eigenvalue weighted by Crippen LogP contribution is 2.23. The van der Waals surface area contributed by atoms with E-state index in [1.807, 2.05) is 0 Å². The summed E-state index contributed by atoms with van der Waals surface area (Å²) in [7, 11) is 0. The lowest BCUT2D eigenvalue weighted by Gasteiger charge is -2.18. The zero-order chi connectivity index (χ0) is 13.0. The van der Waals surface area contributed by atoms with Crippen LogP contribution in [0, 0.1) is 11.7 Å². The quantitative estimate of drug-likeness (QED) is 0.884. The highest BCUT2D eigenvalue weighted by molar-refractivity contribution is 5.85. The topological polar surface area (TPSA) is 58.4 Å². The summed E-state index contributed by atoms with van der Waals surface area (Å²) in [5.74, 6) is 0.102. The number of hydrogen-bond donors (Lipinski definition) is 2. The van der Waals surface area contributed by atoms with Gasteiger partial charge in [0.2, 0.25) is 5.91 Å². The van der Waals surface area contributed by atoms with Gasteiger partial charge in [-0.2, -0.15) is 0 Å². The standard InChI is InChI=1S/C13H18FN3O.2ClH/c14-11-1-3-12(4-2-11)17-6-5-10(9-17)8-16-13(18)7-15;;/h1-4,10H,5-9,15H2,(H,16,18);2*1H. The van der Waals surface area contributed by atoms with Crippen LogP contribution in [-0.4, -0.2) is 32.1 Å². The molecular formula is C13H20Cl2FN3O. The van der Waals surface area contributed by atoms with Crippen molar-refractivity contribution in [2.45, 2.75) is 6.42 Å². The molecule has 7 heteroatoms. The first-order chi connectivity index (χ1) is 8.69. The first-order valence-corrected chi connectivity index (χ1v) is 6.16. The molecule has 114 valence electrons. The molecule has 1 atom stereocenters. The van der Waals surface area contributed by atoms with Gasteiger partial charge in [-0.25, -0.2) is 4.39 Å². The van der Waals surface area contributed by atoms with Crippen molar-refractivity contribution in [2.75, 3.05) is 31.1 Å². The molecule has 0 aromatic heterocycles. The van der Waals surface area contributed by atoms with Crippen LogP contribution in [-0.2, 0) is 4.79 Å². The third kappa shape index (κ3) is 5.15. The van der Waals surface area contributed by atoms with Crippen molar-refractivity contribution >= 4 is 36.4 Å². The van der Waals surface area contributed by atoms with Crippen LogP contribution >= 0.6 is 24.8 Å². The maximum Gasteiger partial charge on any atom is 0.233 e. The van der Waals surface area contributed by atoms with E-state index in [0.717, 1.165) is 25.2 Å². The largest absolute Gasteiger partial charge is 0.371 e. The Balaban J connectivity index is 0.00000180. The van der Waals surface area contributed by atoms with Gasteiger partial charge in [-0.05, 0) is 36.6 Å². The number of nitrogens with zero attached hydrogens (tertiary/aromatic N) is 1. The lowest BCUT2D eigenvalue weighted by atomic mass is 10.1. The normalized spacial score (nSPS) is 17.1. The molecule has 0 saturated carbocycles. The Morgan fingerprint density at radius 3 is 2.60 bits per heavy atom. The van der Waals surface area contributed by atoms with Gasteiger partial charge in [0.05, 0.1) is 6.54 Å². The van der Waals surface area contributed by atoms with Crippen molar-refractivity contribution in [1.29, 1.82) is 0 Å². The fraction of sp³-hybridized carbons (Fsp3) is 0.462. The molecule has 1 heterocycles.